The van der Waals surface area contributed by atoms with Crippen molar-refractivity contribution in [2.45, 2.75) is 32.5 Å². The van der Waals surface area contributed by atoms with E-state index >= 15 is 0 Å². The van der Waals surface area contributed by atoms with Crippen LogP contribution in [0, 0.1) is 6.92 Å². The molecule has 9 heteroatoms. The molecule has 0 spiro atoms. The number of piperazine rings is 1. The molecule has 0 radical (unpaired) electrons. The summed E-state index contributed by atoms with van der Waals surface area (Å²) < 4.78 is 39.9. The van der Waals surface area contributed by atoms with E-state index in [0.717, 1.165) is 6.54 Å². The second-order valence-electron chi connectivity index (χ2n) is 6.56. The van der Waals surface area contributed by atoms with Gasteiger partial charge in [0.25, 0.3) is 11.6 Å². The quantitative estimate of drug-likeness (QED) is 0.801. The van der Waals surface area contributed by atoms with Crippen LogP contribution in [0.15, 0.2) is 6.07 Å². The molecule has 6 nitrogen and oxygen atoms in total. The third-order valence-corrected chi connectivity index (χ3v) is 4.32. The van der Waals surface area contributed by atoms with Crippen LogP contribution in [0.1, 0.15) is 25.4 Å². The van der Waals surface area contributed by atoms with Gasteiger partial charge in [-0.3, -0.25) is 4.90 Å². The van der Waals surface area contributed by atoms with Gasteiger partial charge in [0, 0.05) is 36.9 Å². The van der Waals surface area contributed by atoms with E-state index in [0.29, 0.717) is 24.6 Å². The molecule has 2 aromatic rings. The molecule has 0 bridgehead atoms. The number of rotatable bonds is 1. The molecule has 2 aromatic heterocycles. The van der Waals surface area contributed by atoms with Gasteiger partial charge in [0.2, 0.25) is 0 Å². The SMILES string of the molecule is Cc1cc(N2CCN(C)C(C)(C)C2)n2nc(C(F)(F)F)nc2n1. The first-order chi connectivity index (χ1) is 10.6. The lowest BCUT2D eigenvalue weighted by Crippen LogP contribution is -2.58. The Hall–Kier alpha value is -1.90. The van der Waals surface area contributed by atoms with Gasteiger partial charge in [-0.15, -0.1) is 5.10 Å². The summed E-state index contributed by atoms with van der Waals surface area (Å²) in [4.78, 5) is 11.9. The molecule has 0 aromatic carbocycles. The first-order valence-corrected chi connectivity index (χ1v) is 7.36. The van der Waals surface area contributed by atoms with Crippen LogP contribution in [0.4, 0.5) is 19.0 Å². The zero-order valence-corrected chi connectivity index (χ0v) is 13.5. The number of hydrogen-bond donors (Lipinski definition) is 0. The highest BCUT2D eigenvalue weighted by molar-refractivity contribution is 5.48. The maximum absolute atomic E-state index is 12.9. The fourth-order valence-electron chi connectivity index (χ4n) is 2.75. The van der Waals surface area contributed by atoms with E-state index in [9.17, 15) is 13.2 Å². The number of halogens is 3. The van der Waals surface area contributed by atoms with E-state index in [4.69, 9.17) is 0 Å². The zero-order chi connectivity index (χ0) is 17.0. The van der Waals surface area contributed by atoms with Crippen LogP contribution in [0.25, 0.3) is 5.78 Å². The Morgan fingerprint density at radius 2 is 1.87 bits per heavy atom. The minimum Gasteiger partial charge on any atom is -0.353 e. The second kappa shape index (κ2) is 5.05. The molecule has 126 valence electrons. The molecule has 1 saturated heterocycles. The highest BCUT2D eigenvalue weighted by atomic mass is 19.4. The normalized spacial score (nSPS) is 19.5. The number of fused-ring (bicyclic) bond motifs is 1. The Morgan fingerprint density at radius 3 is 2.48 bits per heavy atom. The second-order valence-corrected chi connectivity index (χ2v) is 6.56. The number of likely N-dealkylation sites (N-methyl/N-ethyl adjacent to an activating group) is 1. The predicted molar refractivity (Wildman–Crippen MR) is 79.4 cm³/mol. The van der Waals surface area contributed by atoms with Crippen LogP contribution in [-0.2, 0) is 6.18 Å². The smallest absolute Gasteiger partial charge is 0.353 e. The maximum Gasteiger partial charge on any atom is 0.453 e. The first-order valence-electron chi connectivity index (χ1n) is 7.36. The fourth-order valence-corrected chi connectivity index (χ4v) is 2.75. The van der Waals surface area contributed by atoms with Crippen LogP contribution in [0.2, 0.25) is 0 Å². The first kappa shape index (κ1) is 16.0. The molecule has 0 unspecified atom stereocenters. The van der Waals surface area contributed by atoms with Gasteiger partial charge in [-0.25, -0.2) is 4.98 Å². The average Bonchev–Trinajstić information content (AvgIpc) is 2.84. The molecule has 3 heterocycles. The van der Waals surface area contributed by atoms with Crippen molar-refractivity contribution in [2.75, 3.05) is 31.6 Å². The van der Waals surface area contributed by atoms with Gasteiger partial charge in [0.15, 0.2) is 0 Å². The van der Waals surface area contributed by atoms with E-state index < -0.39 is 12.0 Å². The van der Waals surface area contributed by atoms with E-state index in [1.165, 1.54) is 4.52 Å². The zero-order valence-electron chi connectivity index (χ0n) is 13.5. The number of anilines is 1. The van der Waals surface area contributed by atoms with Crippen molar-refractivity contribution in [3.05, 3.63) is 17.6 Å². The minimum atomic E-state index is -4.58. The molecule has 0 N–H and O–H groups in total. The van der Waals surface area contributed by atoms with E-state index in [1.807, 2.05) is 11.9 Å². The topological polar surface area (TPSA) is 49.6 Å². The van der Waals surface area contributed by atoms with Crippen molar-refractivity contribution in [1.29, 1.82) is 0 Å². The van der Waals surface area contributed by atoms with Crippen molar-refractivity contribution < 1.29 is 13.2 Å². The number of alkyl halides is 3. The molecule has 1 aliphatic heterocycles. The largest absolute Gasteiger partial charge is 0.453 e. The Morgan fingerprint density at radius 1 is 1.17 bits per heavy atom. The summed E-state index contributed by atoms with van der Waals surface area (Å²) >= 11 is 0. The highest BCUT2D eigenvalue weighted by Crippen LogP contribution is 2.29. The number of aromatic nitrogens is 4. The van der Waals surface area contributed by atoms with E-state index in [-0.39, 0.29) is 11.3 Å². The molecule has 0 amide bonds. The van der Waals surface area contributed by atoms with Crippen LogP contribution in [0.3, 0.4) is 0 Å². The van der Waals surface area contributed by atoms with Crippen molar-refractivity contribution in [1.82, 2.24) is 24.5 Å². The van der Waals surface area contributed by atoms with Gasteiger partial charge in [-0.2, -0.15) is 22.7 Å². The Balaban J connectivity index is 2.08. The molecule has 3 rings (SSSR count). The molecule has 1 aliphatic rings. The van der Waals surface area contributed by atoms with E-state index in [2.05, 4.69) is 33.8 Å². The van der Waals surface area contributed by atoms with Crippen molar-refractivity contribution in [3.63, 3.8) is 0 Å². The number of nitrogens with zero attached hydrogens (tertiary/aromatic N) is 6. The summed E-state index contributed by atoms with van der Waals surface area (Å²) in [5.74, 6) is -0.592. The third-order valence-electron chi connectivity index (χ3n) is 4.32. The summed E-state index contributed by atoms with van der Waals surface area (Å²) in [6.45, 7) is 8.16. The molecule has 1 fully saturated rings. The van der Waals surface area contributed by atoms with Gasteiger partial charge >= 0.3 is 6.18 Å². The lowest BCUT2D eigenvalue weighted by molar-refractivity contribution is -0.144. The Bertz CT molecular complexity index is 736. The molecule has 0 atom stereocenters. The minimum absolute atomic E-state index is 0.0240. The van der Waals surface area contributed by atoms with Crippen LogP contribution >= 0.6 is 0 Å². The molecular weight excluding hydrogens is 309 g/mol. The lowest BCUT2D eigenvalue weighted by atomic mass is 10.00. The van der Waals surface area contributed by atoms with E-state index in [1.54, 1.807) is 13.0 Å². The van der Waals surface area contributed by atoms with Crippen molar-refractivity contribution in [2.24, 2.45) is 0 Å². The van der Waals surface area contributed by atoms with Crippen LogP contribution in [-0.4, -0.2) is 56.7 Å². The Labute approximate surface area is 131 Å². The standard InChI is InChI=1S/C14H19F3N6/c1-9-7-10(22-6-5-21(4)13(2,3)8-22)23-12(18-9)19-11(20-23)14(15,16)17/h7H,5-6,8H2,1-4H3. The summed E-state index contributed by atoms with van der Waals surface area (Å²) in [5, 5.41) is 3.63. The van der Waals surface area contributed by atoms with Gasteiger partial charge in [0.1, 0.15) is 5.82 Å². The average molecular weight is 328 g/mol. The number of hydrogen-bond acceptors (Lipinski definition) is 5. The maximum atomic E-state index is 12.9. The van der Waals surface area contributed by atoms with Crippen LogP contribution < -0.4 is 4.90 Å². The van der Waals surface area contributed by atoms with Gasteiger partial charge in [-0.05, 0) is 27.8 Å². The Kier molecular flexibility index (Phi) is 3.51. The molecular formula is C14H19F3N6. The van der Waals surface area contributed by atoms with Crippen LogP contribution in [0.5, 0.6) is 0 Å². The summed E-state index contributed by atoms with van der Waals surface area (Å²) in [5.41, 5.74) is 0.528. The number of aryl methyl sites for hydroxylation is 1. The van der Waals surface area contributed by atoms with Gasteiger partial charge < -0.3 is 4.90 Å². The summed E-state index contributed by atoms with van der Waals surface area (Å²) in [7, 11) is 2.04. The lowest BCUT2D eigenvalue weighted by Gasteiger charge is -2.46. The fraction of sp³-hybridized carbons (Fsp3) is 0.643. The van der Waals surface area contributed by atoms with Gasteiger partial charge in [-0.1, -0.05) is 0 Å². The van der Waals surface area contributed by atoms with Gasteiger partial charge in [0.05, 0.1) is 0 Å². The highest BCUT2D eigenvalue weighted by Gasteiger charge is 2.38. The predicted octanol–water partition coefficient (Wildman–Crippen LogP) is 1.98. The molecule has 0 saturated carbocycles. The third kappa shape index (κ3) is 2.85. The summed E-state index contributed by atoms with van der Waals surface area (Å²) in [6.07, 6.45) is -4.58. The molecule has 0 aliphatic carbocycles. The summed E-state index contributed by atoms with van der Waals surface area (Å²) in [6, 6.07) is 1.75. The van der Waals surface area contributed by atoms with Crippen molar-refractivity contribution in [3.8, 4) is 0 Å². The van der Waals surface area contributed by atoms with Crippen molar-refractivity contribution >= 4 is 11.6 Å². The monoisotopic (exact) mass is 328 g/mol. The molecule has 23 heavy (non-hydrogen) atoms.